The molecule has 0 radical (unpaired) electrons. The van der Waals surface area contributed by atoms with Gasteiger partial charge < -0.3 is 20.1 Å². The number of azo groups is 1. The number of nitriles is 1. The fourth-order valence-corrected chi connectivity index (χ4v) is 4.93. The van der Waals surface area contributed by atoms with E-state index in [2.05, 4.69) is 45.1 Å². The molecule has 1 heterocycles. The predicted octanol–water partition coefficient (Wildman–Crippen LogP) is 4.33. The van der Waals surface area contributed by atoms with Crippen molar-refractivity contribution in [2.24, 2.45) is 10.2 Å². The first-order valence-electron chi connectivity index (χ1n) is 11.7. The Hall–Kier alpha value is -3.80. The molecule has 0 aliphatic rings. The predicted molar refractivity (Wildman–Crippen MR) is 150 cm³/mol. The second kappa shape index (κ2) is 13.8. The number of aryl methyl sites for hydroxylation is 1. The van der Waals surface area contributed by atoms with E-state index in [1.54, 1.807) is 21.0 Å². The van der Waals surface area contributed by atoms with E-state index in [0.717, 1.165) is 10.8 Å². The van der Waals surface area contributed by atoms with Crippen LogP contribution in [0.5, 0.6) is 5.75 Å². The number of nitrogens with one attached hydrogen (secondary N) is 2. The van der Waals surface area contributed by atoms with Crippen LogP contribution in [0.15, 0.2) is 51.2 Å². The van der Waals surface area contributed by atoms with Crippen LogP contribution in [-0.2, 0) is 24.4 Å². The van der Waals surface area contributed by atoms with Crippen LogP contribution in [-0.4, -0.2) is 61.5 Å². The molecule has 12 nitrogen and oxygen atoms in total. The standard InChI is InChI=1S/C25H32N6O6S2/c1-7-38(32,33)13-11-28-24-19(16-26)18(4)23(25(29-24)27-10-9-12-36-5)31-30-20-14-17(3)22(15-21(20)37-6)39(34,35)8-2/h7-8,14-15H,1-2,9-13H2,3-6H3,(H2,27,28,29). The van der Waals surface area contributed by atoms with Gasteiger partial charge in [0, 0.05) is 49.3 Å². The minimum atomic E-state index is -3.71. The Morgan fingerprint density at radius 2 is 1.74 bits per heavy atom. The molecule has 0 fully saturated rings. The molecule has 0 atom stereocenters. The number of ether oxygens (including phenoxy) is 2. The second-order valence-corrected chi connectivity index (χ2v) is 12.1. The zero-order valence-electron chi connectivity index (χ0n) is 22.3. The highest BCUT2D eigenvalue weighted by Crippen LogP contribution is 2.38. The van der Waals surface area contributed by atoms with Crippen molar-refractivity contribution in [3.63, 3.8) is 0 Å². The van der Waals surface area contributed by atoms with Gasteiger partial charge in [-0.2, -0.15) is 5.26 Å². The van der Waals surface area contributed by atoms with Crippen molar-refractivity contribution in [3.8, 4) is 11.8 Å². The van der Waals surface area contributed by atoms with Gasteiger partial charge in [0.05, 0.1) is 23.3 Å². The molecule has 0 unspecified atom stereocenters. The number of rotatable bonds is 15. The number of hydrogen-bond donors (Lipinski definition) is 2. The van der Waals surface area contributed by atoms with E-state index in [9.17, 15) is 22.1 Å². The number of anilines is 2. The molecule has 0 saturated heterocycles. The summed E-state index contributed by atoms with van der Waals surface area (Å²) in [6, 6.07) is 4.96. The zero-order chi connectivity index (χ0) is 29.2. The Morgan fingerprint density at radius 1 is 1.05 bits per heavy atom. The summed E-state index contributed by atoms with van der Waals surface area (Å²) in [5.74, 6) is 0.445. The summed E-state index contributed by atoms with van der Waals surface area (Å²) in [6.45, 7) is 10.9. The lowest BCUT2D eigenvalue weighted by Crippen LogP contribution is -2.16. The average Bonchev–Trinajstić information content (AvgIpc) is 2.90. The summed E-state index contributed by atoms with van der Waals surface area (Å²) in [6.07, 6.45) is 0.653. The largest absolute Gasteiger partial charge is 0.494 e. The number of methoxy groups -OCH3 is 2. The maximum atomic E-state index is 12.3. The Bertz CT molecular complexity index is 1510. The summed E-state index contributed by atoms with van der Waals surface area (Å²) < 4.78 is 58.7. The van der Waals surface area contributed by atoms with Gasteiger partial charge in [-0.15, -0.1) is 10.2 Å². The fourth-order valence-electron chi connectivity index (χ4n) is 3.42. The quantitative estimate of drug-likeness (QED) is 0.229. The molecule has 1 aromatic carbocycles. The highest BCUT2D eigenvalue weighted by atomic mass is 32.2. The van der Waals surface area contributed by atoms with Crippen LogP contribution in [0.3, 0.4) is 0 Å². The summed E-state index contributed by atoms with van der Waals surface area (Å²) in [5, 5.41) is 26.3. The van der Waals surface area contributed by atoms with E-state index >= 15 is 0 Å². The molecule has 0 saturated carbocycles. The molecule has 0 aliphatic carbocycles. The van der Waals surface area contributed by atoms with E-state index in [0.29, 0.717) is 36.5 Å². The number of benzene rings is 1. The Morgan fingerprint density at radius 3 is 2.33 bits per heavy atom. The molecule has 210 valence electrons. The van der Waals surface area contributed by atoms with E-state index < -0.39 is 19.7 Å². The molecule has 0 bridgehead atoms. The van der Waals surface area contributed by atoms with Gasteiger partial charge in [-0.1, -0.05) is 13.2 Å². The van der Waals surface area contributed by atoms with Gasteiger partial charge in [0.1, 0.15) is 29.0 Å². The SMILES string of the molecule is C=CS(=O)(=O)CCNc1nc(NCCCOC)c(N=Nc2cc(C)c(S(=O)(=O)C=C)cc2OC)c(C)c1C#N. The summed E-state index contributed by atoms with van der Waals surface area (Å²) in [7, 11) is -4.19. The molecular weight excluding hydrogens is 544 g/mol. The van der Waals surface area contributed by atoms with Crippen molar-refractivity contribution in [2.45, 2.75) is 25.2 Å². The third-order valence-corrected chi connectivity index (χ3v) is 8.31. The van der Waals surface area contributed by atoms with Gasteiger partial charge in [0.2, 0.25) is 0 Å². The van der Waals surface area contributed by atoms with E-state index in [-0.39, 0.29) is 45.7 Å². The monoisotopic (exact) mass is 576 g/mol. The summed E-state index contributed by atoms with van der Waals surface area (Å²) >= 11 is 0. The highest BCUT2D eigenvalue weighted by molar-refractivity contribution is 7.94. The minimum absolute atomic E-state index is 0.00981. The van der Waals surface area contributed by atoms with Gasteiger partial charge in [-0.25, -0.2) is 21.8 Å². The minimum Gasteiger partial charge on any atom is -0.494 e. The molecule has 14 heteroatoms. The van der Waals surface area contributed by atoms with Gasteiger partial charge in [0.15, 0.2) is 25.5 Å². The van der Waals surface area contributed by atoms with E-state index in [1.165, 1.54) is 19.2 Å². The molecule has 0 amide bonds. The van der Waals surface area contributed by atoms with Crippen LogP contribution in [0.25, 0.3) is 0 Å². The lowest BCUT2D eigenvalue weighted by atomic mass is 10.1. The third-order valence-electron chi connectivity index (χ3n) is 5.54. The topological polar surface area (TPSA) is 172 Å². The van der Waals surface area contributed by atoms with Gasteiger partial charge in [-0.05, 0) is 31.9 Å². The molecule has 2 N–H and O–H groups in total. The fraction of sp³-hybridized carbons (Fsp3) is 0.360. The van der Waals surface area contributed by atoms with Crippen LogP contribution in [0.2, 0.25) is 0 Å². The first-order valence-corrected chi connectivity index (χ1v) is 14.9. The molecular formula is C25H32N6O6S2. The maximum Gasteiger partial charge on any atom is 0.199 e. The molecule has 2 rings (SSSR count). The van der Waals surface area contributed by atoms with Crippen molar-refractivity contribution in [3.05, 3.63) is 52.8 Å². The van der Waals surface area contributed by atoms with E-state index in [1.807, 2.05) is 0 Å². The Balaban J connectivity index is 2.58. The molecule has 0 spiro atoms. The highest BCUT2D eigenvalue weighted by Gasteiger charge is 2.20. The maximum absolute atomic E-state index is 12.3. The second-order valence-electron chi connectivity index (χ2n) is 8.20. The van der Waals surface area contributed by atoms with Crippen molar-refractivity contribution < 1.29 is 26.3 Å². The summed E-state index contributed by atoms with van der Waals surface area (Å²) in [4.78, 5) is 4.53. The first kappa shape index (κ1) is 31.4. The van der Waals surface area contributed by atoms with Crippen LogP contribution in [0.4, 0.5) is 23.0 Å². The van der Waals surface area contributed by atoms with Crippen LogP contribution < -0.4 is 15.4 Å². The molecule has 2 aromatic rings. The molecule has 1 aromatic heterocycles. The summed E-state index contributed by atoms with van der Waals surface area (Å²) in [5.41, 5.74) is 1.57. The smallest absolute Gasteiger partial charge is 0.199 e. The number of aromatic nitrogens is 1. The number of sulfone groups is 2. The number of pyridine rings is 1. The van der Waals surface area contributed by atoms with Crippen molar-refractivity contribution >= 4 is 42.7 Å². The van der Waals surface area contributed by atoms with Gasteiger partial charge in [0.25, 0.3) is 0 Å². The van der Waals surface area contributed by atoms with Crippen LogP contribution in [0, 0.1) is 25.2 Å². The lowest BCUT2D eigenvalue weighted by Gasteiger charge is -2.16. The molecule has 39 heavy (non-hydrogen) atoms. The van der Waals surface area contributed by atoms with Crippen LogP contribution in [0.1, 0.15) is 23.1 Å². The normalized spacial score (nSPS) is 11.7. The Labute approximate surface area is 229 Å². The Kier molecular flexibility index (Phi) is 11.1. The molecule has 0 aliphatic heterocycles. The van der Waals surface area contributed by atoms with Crippen molar-refractivity contribution in [2.75, 3.05) is 50.3 Å². The number of hydrogen-bond acceptors (Lipinski definition) is 12. The number of nitrogens with zero attached hydrogens (tertiary/aromatic N) is 4. The van der Waals surface area contributed by atoms with Crippen LogP contribution >= 0.6 is 0 Å². The third kappa shape index (κ3) is 8.09. The average molecular weight is 577 g/mol. The van der Waals surface area contributed by atoms with Gasteiger partial charge >= 0.3 is 0 Å². The zero-order valence-corrected chi connectivity index (χ0v) is 23.9. The van der Waals surface area contributed by atoms with Crippen molar-refractivity contribution in [1.29, 1.82) is 5.26 Å². The van der Waals surface area contributed by atoms with Crippen molar-refractivity contribution in [1.82, 2.24) is 4.98 Å². The first-order chi connectivity index (χ1) is 18.4. The lowest BCUT2D eigenvalue weighted by molar-refractivity contribution is 0.198. The van der Waals surface area contributed by atoms with E-state index in [4.69, 9.17) is 9.47 Å². The van der Waals surface area contributed by atoms with Gasteiger partial charge in [-0.3, -0.25) is 0 Å².